The van der Waals surface area contributed by atoms with Crippen LogP contribution in [0.5, 0.6) is 0 Å². The Labute approximate surface area is 119 Å². The predicted octanol–water partition coefficient (Wildman–Crippen LogP) is 1.15. The van der Waals surface area contributed by atoms with Gasteiger partial charge in [0.15, 0.2) is 0 Å². The fourth-order valence-electron chi connectivity index (χ4n) is 2.47. The molecule has 0 spiro atoms. The van der Waals surface area contributed by atoms with Crippen LogP contribution < -0.4 is 5.32 Å². The third kappa shape index (κ3) is 5.59. The van der Waals surface area contributed by atoms with Gasteiger partial charge in [-0.25, -0.2) is 4.79 Å². The summed E-state index contributed by atoms with van der Waals surface area (Å²) in [5.41, 5.74) is 0. The minimum absolute atomic E-state index is 0.0429. The normalized spacial score (nSPS) is 18.6. The average molecular weight is 284 g/mol. The van der Waals surface area contributed by atoms with E-state index in [1.165, 1.54) is 11.8 Å². The van der Waals surface area contributed by atoms with Crippen molar-refractivity contribution >= 4 is 17.8 Å². The van der Waals surface area contributed by atoms with Gasteiger partial charge in [0.1, 0.15) is 6.04 Å². The van der Waals surface area contributed by atoms with Crippen molar-refractivity contribution in [3.8, 4) is 0 Å². The molecule has 2 N–H and O–H groups in total. The van der Waals surface area contributed by atoms with Crippen molar-refractivity contribution < 1.29 is 19.5 Å². The number of hydrogen-bond acceptors (Lipinski definition) is 3. The summed E-state index contributed by atoms with van der Waals surface area (Å²) >= 11 is 0. The Hall–Kier alpha value is -1.59. The van der Waals surface area contributed by atoms with Crippen LogP contribution in [0.1, 0.15) is 51.9 Å². The fourth-order valence-corrected chi connectivity index (χ4v) is 2.47. The Kier molecular flexibility index (Phi) is 7.04. The molecule has 0 unspecified atom stereocenters. The van der Waals surface area contributed by atoms with Crippen LogP contribution in [0.2, 0.25) is 0 Å². The molecule has 0 bridgehead atoms. The number of likely N-dealkylation sites (tertiary alicyclic amines) is 1. The van der Waals surface area contributed by atoms with Crippen molar-refractivity contribution in [1.29, 1.82) is 0 Å². The van der Waals surface area contributed by atoms with Gasteiger partial charge in [0.05, 0.1) is 0 Å². The minimum Gasteiger partial charge on any atom is -0.480 e. The third-order valence-electron chi connectivity index (χ3n) is 3.55. The number of nitrogens with one attached hydrogen (secondary N) is 1. The highest BCUT2D eigenvalue weighted by molar-refractivity contribution is 5.83. The molecule has 1 fully saturated rings. The van der Waals surface area contributed by atoms with Crippen molar-refractivity contribution in [2.75, 3.05) is 13.1 Å². The number of unbranched alkanes of at least 4 members (excludes halogenated alkanes) is 2. The Morgan fingerprint density at radius 3 is 2.60 bits per heavy atom. The molecule has 1 heterocycles. The van der Waals surface area contributed by atoms with E-state index in [1.807, 2.05) is 0 Å². The topological polar surface area (TPSA) is 86.7 Å². The highest BCUT2D eigenvalue weighted by atomic mass is 16.4. The predicted molar refractivity (Wildman–Crippen MR) is 74.1 cm³/mol. The summed E-state index contributed by atoms with van der Waals surface area (Å²) in [6, 6.07) is -0.643. The zero-order valence-electron chi connectivity index (χ0n) is 12.1. The van der Waals surface area contributed by atoms with Crippen LogP contribution in [0.4, 0.5) is 0 Å². The number of piperidine rings is 1. The lowest BCUT2D eigenvalue weighted by Crippen LogP contribution is -2.47. The van der Waals surface area contributed by atoms with Gasteiger partial charge in [-0.2, -0.15) is 0 Å². The van der Waals surface area contributed by atoms with E-state index in [0.717, 1.165) is 32.1 Å². The first-order chi connectivity index (χ1) is 9.52. The Morgan fingerprint density at radius 2 is 1.95 bits per heavy atom. The van der Waals surface area contributed by atoms with E-state index in [2.05, 4.69) is 5.32 Å². The maximum atomic E-state index is 12.0. The number of amides is 2. The number of rotatable bonds is 7. The highest BCUT2D eigenvalue weighted by Crippen LogP contribution is 2.19. The standard InChI is InChI=1S/C14H24N2O4/c1-11(17)15-9-5-2-3-8-13(18)16-10-6-4-7-12(16)14(19)20/h12H,2-10H2,1H3,(H,15,17)(H,19,20)/t12-/m1/s1. The zero-order valence-corrected chi connectivity index (χ0v) is 12.1. The van der Waals surface area contributed by atoms with Crippen molar-refractivity contribution in [1.82, 2.24) is 10.2 Å². The number of carbonyl (C=O) groups excluding carboxylic acids is 2. The Bertz CT molecular complexity index is 357. The van der Waals surface area contributed by atoms with Gasteiger partial charge in [-0.15, -0.1) is 0 Å². The summed E-state index contributed by atoms with van der Waals surface area (Å²) in [7, 11) is 0. The molecule has 1 aliphatic rings. The SMILES string of the molecule is CC(=O)NCCCCCC(=O)N1CCCC[C@@H]1C(=O)O. The number of nitrogens with zero attached hydrogens (tertiary/aromatic N) is 1. The first-order valence-electron chi connectivity index (χ1n) is 7.29. The molecule has 114 valence electrons. The molecular formula is C14H24N2O4. The van der Waals surface area contributed by atoms with E-state index in [1.54, 1.807) is 0 Å². The van der Waals surface area contributed by atoms with E-state index in [4.69, 9.17) is 5.11 Å². The lowest BCUT2D eigenvalue weighted by molar-refractivity contribution is -0.152. The summed E-state index contributed by atoms with van der Waals surface area (Å²) in [5.74, 6) is -1.00. The molecule has 0 saturated carbocycles. The van der Waals surface area contributed by atoms with Gasteiger partial charge in [0, 0.05) is 26.4 Å². The second-order valence-corrected chi connectivity index (χ2v) is 5.23. The van der Waals surface area contributed by atoms with Crippen LogP contribution in [0.3, 0.4) is 0 Å². The quantitative estimate of drug-likeness (QED) is 0.687. The van der Waals surface area contributed by atoms with Crippen molar-refractivity contribution in [2.24, 2.45) is 0 Å². The summed E-state index contributed by atoms with van der Waals surface area (Å²) in [6.45, 7) is 2.67. The largest absolute Gasteiger partial charge is 0.480 e. The molecule has 0 aliphatic carbocycles. The van der Waals surface area contributed by atoms with Gasteiger partial charge in [0.25, 0.3) is 0 Å². The first kappa shape index (κ1) is 16.5. The third-order valence-corrected chi connectivity index (χ3v) is 3.55. The molecule has 0 radical (unpaired) electrons. The number of carboxylic acid groups (broad SMARTS) is 1. The molecule has 1 rings (SSSR count). The van der Waals surface area contributed by atoms with Crippen LogP contribution in [0, 0.1) is 0 Å². The van der Waals surface area contributed by atoms with E-state index in [0.29, 0.717) is 25.9 Å². The van der Waals surface area contributed by atoms with Crippen molar-refractivity contribution in [2.45, 2.75) is 57.9 Å². The monoisotopic (exact) mass is 284 g/mol. The number of aliphatic carboxylic acids is 1. The molecule has 1 aliphatic heterocycles. The van der Waals surface area contributed by atoms with E-state index < -0.39 is 12.0 Å². The second-order valence-electron chi connectivity index (χ2n) is 5.23. The zero-order chi connectivity index (χ0) is 15.0. The van der Waals surface area contributed by atoms with Crippen LogP contribution in [0.15, 0.2) is 0 Å². The highest BCUT2D eigenvalue weighted by Gasteiger charge is 2.31. The molecule has 2 amide bonds. The second kappa shape index (κ2) is 8.55. The Balaban J connectivity index is 2.23. The molecular weight excluding hydrogens is 260 g/mol. The van der Waals surface area contributed by atoms with Crippen LogP contribution in [-0.4, -0.2) is 46.9 Å². The van der Waals surface area contributed by atoms with Crippen LogP contribution in [0.25, 0.3) is 0 Å². The maximum absolute atomic E-state index is 12.0. The molecule has 20 heavy (non-hydrogen) atoms. The molecule has 6 heteroatoms. The molecule has 0 aromatic heterocycles. The van der Waals surface area contributed by atoms with E-state index in [9.17, 15) is 14.4 Å². The number of hydrogen-bond donors (Lipinski definition) is 2. The molecule has 1 atom stereocenters. The van der Waals surface area contributed by atoms with Gasteiger partial charge in [-0.05, 0) is 32.1 Å². The smallest absolute Gasteiger partial charge is 0.326 e. The maximum Gasteiger partial charge on any atom is 0.326 e. The molecule has 0 aromatic carbocycles. The van der Waals surface area contributed by atoms with Crippen molar-refractivity contribution in [3.05, 3.63) is 0 Å². The molecule has 6 nitrogen and oxygen atoms in total. The van der Waals surface area contributed by atoms with Crippen molar-refractivity contribution in [3.63, 3.8) is 0 Å². The van der Waals surface area contributed by atoms with Gasteiger partial charge < -0.3 is 15.3 Å². The number of carbonyl (C=O) groups is 3. The summed E-state index contributed by atoms with van der Waals surface area (Å²) in [6.07, 6.45) is 5.15. The lowest BCUT2D eigenvalue weighted by atomic mass is 10.0. The minimum atomic E-state index is -0.899. The summed E-state index contributed by atoms with van der Waals surface area (Å²) in [5, 5.41) is 11.8. The summed E-state index contributed by atoms with van der Waals surface area (Å²) < 4.78 is 0. The van der Waals surface area contributed by atoms with Crippen LogP contribution in [-0.2, 0) is 14.4 Å². The molecule has 1 saturated heterocycles. The van der Waals surface area contributed by atoms with Crippen LogP contribution >= 0.6 is 0 Å². The fraction of sp³-hybridized carbons (Fsp3) is 0.786. The van der Waals surface area contributed by atoms with E-state index in [-0.39, 0.29) is 11.8 Å². The first-order valence-corrected chi connectivity index (χ1v) is 7.29. The van der Waals surface area contributed by atoms with Gasteiger partial charge in [0.2, 0.25) is 11.8 Å². The van der Waals surface area contributed by atoms with Gasteiger partial charge in [-0.3, -0.25) is 9.59 Å². The number of carboxylic acids is 1. The molecule has 0 aromatic rings. The van der Waals surface area contributed by atoms with Gasteiger partial charge >= 0.3 is 5.97 Å². The summed E-state index contributed by atoms with van der Waals surface area (Å²) in [4.78, 5) is 35.3. The lowest BCUT2D eigenvalue weighted by Gasteiger charge is -2.33. The van der Waals surface area contributed by atoms with Gasteiger partial charge in [-0.1, -0.05) is 6.42 Å². The Morgan fingerprint density at radius 1 is 1.20 bits per heavy atom. The van der Waals surface area contributed by atoms with E-state index >= 15 is 0 Å². The average Bonchev–Trinajstić information content (AvgIpc) is 2.42.